The average molecular weight is 343 g/mol. The fourth-order valence-corrected chi connectivity index (χ4v) is 1.94. The Morgan fingerprint density at radius 1 is 1.22 bits per heavy atom. The fourth-order valence-electron chi connectivity index (χ4n) is 1.75. The van der Waals surface area contributed by atoms with E-state index in [0.717, 1.165) is 18.3 Å². The number of amides is 1. The summed E-state index contributed by atoms with van der Waals surface area (Å²) >= 11 is 5.74. The maximum absolute atomic E-state index is 12.7. The number of nitrogens with one attached hydrogen (secondary N) is 1. The fraction of sp³-hybridized carbons (Fsp3) is 0.0667. The van der Waals surface area contributed by atoms with Gasteiger partial charge in [-0.2, -0.15) is 18.3 Å². The first kappa shape index (κ1) is 16.8. The molecule has 0 aliphatic rings. The zero-order valence-corrected chi connectivity index (χ0v) is 12.2. The van der Waals surface area contributed by atoms with Crippen molar-refractivity contribution < 1.29 is 23.1 Å². The molecule has 0 radical (unpaired) electrons. The molecule has 0 aliphatic carbocycles. The number of hydrazone groups is 1. The van der Waals surface area contributed by atoms with Crippen LogP contribution in [0.1, 0.15) is 21.5 Å². The molecule has 0 spiro atoms. The van der Waals surface area contributed by atoms with Crippen molar-refractivity contribution in [2.45, 2.75) is 6.18 Å². The summed E-state index contributed by atoms with van der Waals surface area (Å²) in [7, 11) is 0. The van der Waals surface area contributed by atoms with Crippen LogP contribution in [0.25, 0.3) is 0 Å². The highest BCUT2D eigenvalue weighted by molar-refractivity contribution is 6.30. The van der Waals surface area contributed by atoms with Gasteiger partial charge in [0.1, 0.15) is 5.75 Å². The molecule has 8 heteroatoms. The molecule has 1 amide bonds. The Labute approximate surface area is 134 Å². The van der Waals surface area contributed by atoms with Crippen molar-refractivity contribution in [3.05, 3.63) is 64.2 Å². The normalized spacial score (nSPS) is 11.7. The lowest BCUT2D eigenvalue weighted by Gasteiger charge is -2.10. The highest BCUT2D eigenvalue weighted by Gasteiger charge is 2.34. The van der Waals surface area contributed by atoms with Crippen molar-refractivity contribution in [3.8, 4) is 5.75 Å². The van der Waals surface area contributed by atoms with E-state index in [1.807, 2.05) is 0 Å². The van der Waals surface area contributed by atoms with Crippen LogP contribution in [0.5, 0.6) is 5.75 Å². The molecule has 0 bridgehead atoms. The monoisotopic (exact) mass is 342 g/mol. The van der Waals surface area contributed by atoms with Crippen molar-refractivity contribution in [1.29, 1.82) is 0 Å². The summed E-state index contributed by atoms with van der Waals surface area (Å²) in [4.78, 5) is 11.8. The summed E-state index contributed by atoms with van der Waals surface area (Å²) < 4.78 is 38.0. The van der Waals surface area contributed by atoms with Gasteiger partial charge in [-0.25, -0.2) is 5.43 Å². The molecule has 2 N–H and O–H groups in total. The van der Waals surface area contributed by atoms with Crippen LogP contribution in [-0.2, 0) is 6.18 Å². The van der Waals surface area contributed by atoms with Crippen LogP contribution in [0.15, 0.2) is 47.6 Å². The molecule has 0 fully saturated rings. The van der Waals surface area contributed by atoms with E-state index in [9.17, 15) is 23.1 Å². The number of aromatic hydroxyl groups is 1. The minimum atomic E-state index is -4.68. The largest absolute Gasteiger partial charge is 0.507 e. The van der Waals surface area contributed by atoms with Gasteiger partial charge in [0.25, 0.3) is 5.91 Å². The van der Waals surface area contributed by atoms with E-state index in [0.29, 0.717) is 5.02 Å². The van der Waals surface area contributed by atoms with Crippen molar-refractivity contribution in [2.75, 3.05) is 0 Å². The molecule has 0 saturated carbocycles. The highest BCUT2D eigenvalue weighted by Crippen LogP contribution is 2.36. The second-order valence-electron chi connectivity index (χ2n) is 4.45. The van der Waals surface area contributed by atoms with Gasteiger partial charge in [0.15, 0.2) is 0 Å². The predicted molar refractivity (Wildman–Crippen MR) is 79.6 cm³/mol. The number of phenols is 1. The van der Waals surface area contributed by atoms with Gasteiger partial charge in [-0.3, -0.25) is 4.79 Å². The van der Waals surface area contributed by atoms with Gasteiger partial charge in [-0.1, -0.05) is 23.7 Å². The SMILES string of the molecule is O=C(NN=Cc1cccc(C(F)(F)F)c1O)c1cccc(Cl)c1. The molecule has 2 aromatic carbocycles. The van der Waals surface area contributed by atoms with Crippen molar-refractivity contribution in [2.24, 2.45) is 5.10 Å². The standard InChI is InChI=1S/C15H10ClF3N2O2/c16-11-5-1-3-9(7-11)14(23)21-20-8-10-4-2-6-12(13(10)22)15(17,18)19/h1-8,22H,(H,21,23). The number of carbonyl (C=O) groups excluding carboxylic acids is 1. The maximum atomic E-state index is 12.7. The summed E-state index contributed by atoms with van der Waals surface area (Å²) in [6.07, 6.45) is -3.76. The Hall–Kier alpha value is -2.54. The third-order valence-electron chi connectivity index (χ3n) is 2.83. The lowest BCUT2D eigenvalue weighted by Crippen LogP contribution is -2.17. The lowest BCUT2D eigenvalue weighted by atomic mass is 10.1. The molecule has 2 aromatic rings. The minimum absolute atomic E-state index is 0.175. The Morgan fingerprint density at radius 2 is 1.91 bits per heavy atom. The van der Waals surface area contributed by atoms with E-state index in [1.54, 1.807) is 12.1 Å². The molecule has 23 heavy (non-hydrogen) atoms. The Kier molecular flexibility index (Phi) is 4.90. The number of rotatable bonds is 3. The smallest absolute Gasteiger partial charge is 0.419 e. The number of carbonyl (C=O) groups is 1. The van der Waals surface area contributed by atoms with Gasteiger partial charge in [-0.05, 0) is 30.3 Å². The summed E-state index contributed by atoms with van der Waals surface area (Å²) in [5, 5.41) is 13.5. The van der Waals surface area contributed by atoms with E-state index in [-0.39, 0.29) is 11.1 Å². The Bertz CT molecular complexity index is 761. The van der Waals surface area contributed by atoms with Gasteiger partial charge in [0.05, 0.1) is 11.8 Å². The highest BCUT2D eigenvalue weighted by atomic mass is 35.5. The number of para-hydroxylation sites is 1. The lowest BCUT2D eigenvalue weighted by molar-refractivity contribution is -0.138. The van der Waals surface area contributed by atoms with Crippen LogP contribution < -0.4 is 5.43 Å². The summed E-state index contributed by atoms with van der Waals surface area (Å²) in [6, 6.07) is 9.17. The van der Waals surface area contributed by atoms with E-state index in [1.165, 1.54) is 18.2 Å². The molecule has 2 rings (SSSR count). The molecule has 0 aliphatic heterocycles. The van der Waals surface area contributed by atoms with Gasteiger partial charge < -0.3 is 5.11 Å². The second kappa shape index (κ2) is 6.70. The number of benzene rings is 2. The van der Waals surface area contributed by atoms with Gasteiger partial charge >= 0.3 is 6.18 Å². The van der Waals surface area contributed by atoms with Crippen LogP contribution in [0.3, 0.4) is 0 Å². The topological polar surface area (TPSA) is 61.7 Å². The third-order valence-corrected chi connectivity index (χ3v) is 3.06. The summed E-state index contributed by atoms with van der Waals surface area (Å²) in [5.74, 6) is -1.55. The van der Waals surface area contributed by atoms with E-state index >= 15 is 0 Å². The van der Waals surface area contributed by atoms with E-state index in [4.69, 9.17) is 11.6 Å². The molecular formula is C15H10ClF3N2O2. The maximum Gasteiger partial charge on any atom is 0.419 e. The molecule has 0 aromatic heterocycles. The number of halogens is 4. The predicted octanol–water partition coefficient (Wildman–Crippen LogP) is 3.83. The number of alkyl halides is 3. The van der Waals surface area contributed by atoms with Crippen LogP contribution in [-0.4, -0.2) is 17.2 Å². The van der Waals surface area contributed by atoms with Crippen LogP contribution >= 0.6 is 11.6 Å². The number of phenolic OH excluding ortho intramolecular Hbond substituents is 1. The quantitative estimate of drug-likeness (QED) is 0.658. The zero-order chi connectivity index (χ0) is 17.0. The molecular weight excluding hydrogens is 333 g/mol. The molecule has 120 valence electrons. The molecule has 0 atom stereocenters. The van der Waals surface area contributed by atoms with Crippen molar-refractivity contribution in [3.63, 3.8) is 0 Å². The average Bonchev–Trinajstić information content (AvgIpc) is 2.47. The Balaban J connectivity index is 2.14. The number of nitrogens with zero attached hydrogens (tertiary/aromatic N) is 1. The van der Waals surface area contributed by atoms with Crippen molar-refractivity contribution in [1.82, 2.24) is 5.43 Å². The minimum Gasteiger partial charge on any atom is -0.507 e. The van der Waals surface area contributed by atoms with Gasteiger partial charge in [0, 0.05) is 16.1 Å². The first-order valence-electron chi connectivity index (χ1n) is 6.27. The number of hydrogen-bond acceptors (Lipinski definition) is 3. The first-order chi connectivity index (χ1) is 10.8. The third kappa shape index (κ3) is 4.23. The van der Waals surface area contributed by atoms with E-state index in [2.05, 4.69) is 10.5 Å². The molecule has 0 heterocycles. The van der Waals surface area contributed by atoms with Crippen molar-refractivity contribution >= 4 is 23.7 Å². The van der Waals surface area contributed by atoms with Gasteiger partial charge in [-0.15, -0.1) is 0 Å². The van der Waals surface area contributed by atoms with Crippen LogP contribution in [0.2, 0.25) is 5.02 Å². The number of hydrogen-bond donors (Lipinski definition) is 2. The second-order valence-corrected chi connectivity index (χ2v) is 4.89. The van der Waals surface area contributed by atoms with E-state index < -0.39 is 23.4 Å². The summed E-state index contributed by atoms with van der Waals surface area (Å²) in [5.41, 5.74) is 1.03. The first-order valence-corrected chi connectivity index (χ1v) is 6.65. The molecule has 4 nitrogen and oxygen atoms in total. The van der Waals surface area contributed by atoms with Crippen LogP contribution in [0.4, 0.5) is 13.2 Å². The van der Waals surface area contributed by atoms with Gasteiger partial charge in [0.2, 0.25) is 0 Å². The molecule has 0 saturated heterocycles. The Morgan fingerprint density at radius 3 is 2.57 bits per heavy atom. The summed E-state index contributed by atoms with van der Waals surface area (Å²) in [6.45, 7) is 0. The zero-order valence-electron chi connectivity index (χ0n) is 11.4. The molecule has 0 unspecified atom stereocenters. The van der Waals surface area contributed by atoms with Crippen LogP contribution in [0, 0.1) is 0 Å².